The van der Waals surface area contributed by atoms with Crippen LogP contribution in [0.2, 0.25) is 0 Å². The van der Waals surface area contributed by atoms with Crippen molar-refractivity contribution in [3.05, 3.63) is 92.7 Å². The molecule has 0 aliphatic carbocycles. The van der Waals surface area contributed by atoms with Crippen LogP contribution in [0.1, 0.15) is 34.1 Å². The summed E-state index contributed by atoms with van der Waals surface area (Å²) >= 11 is 1.44. The molecule has 0 spiro atoms. The van der Waals surface area contributed by atoms with E-state index in [9.17, 15) is 18.8 Å². The standard InChI is InChI=1S/C23H20F2N2O2S/c1-15(27(29)23(26)28)2-11-22-21(13-17-5-9-20(25)10-6-17)18(14-30-22)12-16-3-7-19(24)8-4-16/h3-10,14-15,29H,12-13H2,1H3,(H2,26,28)/t15-/m1/s1. The highest BCUT2D eigenvalue weighted by Crippen LogP contribution is 2.27. The van der Waals surface area contributed by atoms with Crippen molar-refractivity contribution in [2.75, 3.05) is 0 Å². The lowest BCUT2D eigenvalue weighted by atomic mass is 9.97. The third-order valence-corrected chi connectivity index (χ3v) is 5.56. The quantitative estimate of drug-likeness (QED) is 0.352. The Morgan fingerprint density at radius 2 is 1.60 bits per heavy atom. The van der Waals surface area contributed by atoms with Gasteiger partial charge in [0.2, 0.25) is 0 Å². The number of carbonyl (C=O) groups is 1. The van der Waals surface area contributed by atoms with Crippen molar-refractivity contribution in [1.82, 2.24) is 5.06 Å². The zero-order valence-corrected chi connectivity index (χ0v) is 17.0. The summed E-state index contributed by atoms with van der Waals surface area (Å²) in [6, 6.07) is 10.8. The molecule has 0 aliphatic heterocycles. The largest absolute Gasteiger partial charge is 0.350 e. The van der Waals surface area contributed by atoms with Crippen molar-refractivity contribution in [1.29, 1.82) is 0 Å². The first kappa shape index (κ1) is 21.5. The maximum Gasteiger partial charge on any atom is 0.339 e. The predicted octanol–water partition coefficient (Wildman–Crippen LogP) is 4.72. The van der Waals surface area contributed by atoms with Crippen molar-refractivity contribution >= 4 is 17.4 Å². The van der Waals surface area contributed by atoms with Gasteiger partial charge in [-0.1, -0.05) is 36.1 Å². The summed E-state index contributed by atoms with van der Waals surface area (Å²) < 4.78 is 26.5. The van der Waals surface area contributed by atoms with Crippen LogP contribution in [0.3, 0.4) is 0 Å². The van der Waals surface area contributed by atoms with E-state index in [1.54, 1.807) is 31.2 Å². The number of amides is 2. The van der Waals surface area contributed by atoms with Crippen LogP contribution in [0.15, 0.2) is 53.9 Å². The van der Waals surface area contributed by atoms with E-state index in [-0.39, 0.29) is 11.6 Å². The normalized spacial score (nSPS) is 11.5. The zero-order chi connectivity index (χ0) is 21.7. The number of thiophene rings is 1. The molecule has 2 aromatic carbocycles. The molecular formula is C23H20F2N2O2S. The van der Waals surface area contributed by atoms with Gasteiger partial charge in [-0.05, 0) is 71.7 Å². The number of rotatable bonds is 5. The minimum Gasteiger partial charge on any atom is -0.350 e. The van der Waals surface area contributed by atoms with Gasteiger partial charge in [-0.25, -0.2) is 13.6 Å². The van der Waals surface area contributed by atoms with Crippen molar-refractivity contribution in [3.63, 3.8) is 0 Å². The molecule has 7 heteroatoms. The zero-order valence-electron chi connectivity index (χ0n) is 16.2. The van der Waals surface area contributed by atoms with Crippen LogP contribution in [0.5, 0.6) is 0 Å². The van der Waals surface area contributed by atoms with Gasteiger partial charge in [0, 0.05) is 0 Å². The van der Waals surface area contributed by atoms with Crippen LogP contribution in [0.4, 0.5) is 13.6 Å². The molecule has 1 aromatic heterocycles. The van der Waals surface area contributed by atoms with Crippen molar-refractivity contribution in [2.45, 2.75) is 25.8 Å². The number of primary amides is 1. The Hall–Kier alpha value is -3.21. The number of benzene rings is 2. The summed E-state index contributed by atoms with van der Waals surface area (Å²) in [5.41, 5.74) is 8.95. The van der Waals surface area contributed by atoms with E-state index in [1.165, 1.54) is 35.6 Å². The van der Waals surface area contributed by atoms with Gasteiger partial charge in [0.15, 0.2) is 0 Å². The number of nitrogens with zero attached hydrogens (tertiary/aromatic N) is 1. The minimum absolute atomic E-state index is 0.292. The number of nitrogens with two attached hydrogens (primary N) is 1. The number of hydrogen-bond acceptors (Lipinski definition) is 3. The van der Waals surface area contributed by atoms with E-state index in [4.69, 9.17) is 5.73 Å². The van der Waals surface area contributed by atoms with Gasteiger partial charge in [-0.2, -0.15) is 5.06 Å². The average Bonchev–Trinajstić information content (AvgIpc) is 3.10. The van der Waals surface area contributed by atoms with Gasteiger partial charge < -0.3 is 5.73 Å². The lowest BCUT2D eigenvalue weighted by Gasteiger charge is -2.14. The summed E-state index contributed by atoms with van der Waals surface area (Å²) in [5, 5.41) is 12.0. The third kappa shape index (κ3) is 5.44. The highest BCUT2D eigenvalue weighted by Gasteiger charge is 2.15. The fourth-order valence-corrected chi connectivity index (χ4v) is 3.86. The van der Waals surface area contributed by atoms with Crippen LogP contribution in [-0.4, -0.2) is 22.3 Å². The first-order valence-electron chi connectivity index (χ1n) is 9.20. The number of halogens is 2. The molecule has 0 saturated carbocycles. The Morgan fingerprint density at radius 1 is 1.07 bits per heavy atom. The Labute approximate surface area is 177 Å². The second kappa shape index (κ2) is 9.53. The average molecular weight is 426 g/mol. The van der Waals surface area contributed by atoms with Crippen LogP contribution in [0, 0.1) is 23.5 Å². The van der Waals surface area contributed by atoms with Crippen molar-refractivity contribution in [3.8, 4) is 11.8 Å². The summed E-state index contributed by atoms with van der Waals surface area (Å²) in [4.78, 5) is 11.9. The van der Waals surface area contributed by atoms with E-state index in [0.717, 1.165) is 27.1 Å². The fourth-order valence-electron chi connectivity index (χ4n) is 2.92. The smallest absolute Gasteiger partial charge is 0.339 e. The molecule has 0 fully saturated rings. The molecule has 3 aromatic rings. The molecule has 4 nitrogen and oxygen atoms in total. The third-order valence-electron chi connectivity index (χ3n) is 4.57. The number of urea groups is 1. The summed E-state index contributed by atoms with van der Waals surface area (Å²) in [6.07, 6.45) is 1.13. The molecule has 0 radical (unpaired) electrons. The Morgan fingerprint density at radius 3 is 2.13 bits per heavy atom. The Kier molecular flexibility index (Phi) is 6.83. The van der Waals surface area contributed by atoms with Gasteiger partial charge in [0.1, 0.15) is 17.7 Å². The highest BCUT2D eigenvalue weighted by molar-refractivity contribution is 7.10. The molecule has 2 amide bonds. The summed E-state index contributed by atoms with van der Waals surface area (Å²) in [7, 11) is 0. The van der Waals surface area contributed by atoms with Crippen LogP contribution < -0.4 is 5.73 Å². The molecular weight excluding hydrogens is 406 g/mol. The van der Waals surface area contributed by atoms with Crippen LogP contribution in [0.25, 0.3) is 0 Å². The first-order chi connectivity index (χ1) is 14.3. The molecule has 30 heavy (non-hydrogen) atoms. The van der Waals surface area contributed by atoms with E-state index >= 15 is 0 Å². The van der Waals surface area contributed by atoms with Gasteiger partial charge >= 0.3 is 6.03 Å². The van der Waals surface area contributed by atoms with Crippen LogP contribution >= 0.6 is 11.3 Å². The van der Waals surface area contributed by atoms with Gasteiger partial charge in [-0.3, -0.25) is 5.21 Å². The van der Waals surface area contributed by atoms with Gasteiger partial charge in [0.25, 0.3) is 0 Å². The molecule has 0 saturated heterocycles. The van der Waals surface area contributed by atoms with Crippen molar-refractivity contribution in [2.24, 2.45) is 5.73 Å². The van der Waals surface area contributed by atoms with E-state index < -0.39 is 12.1 Å². The predicted molar refractivity (Wildman–Crippen MR) is 112 cm³/mol. The molecule has 0 unspecified atom stereocenters. The maximum atomic E-state index is 13.3. The fraction of sp³-hybridized carbons (Fsp3) is 0.174. The Bertz CT molecular complexity index is 1080. The molecule has 1 heterocycles. The maximum absolute atomic E-state index is 13.3. The molecule has 154 valence electrons. The molecule has 3 N–H and O–H groups in total. The SMILES string of the molecule is C[C@H](C#Cc1scc(Cc2ccc(F)cc2)c1Cc1ccc(F)cc1)N(O)C(N)=O. The van der Waals surface area contributed by atoms with E-state index in [2.05, 4.69) is 11.8 Å². The lowest BCUT2D eigenvalue weighted by molar-refractivity contribution is -0.0536. The molecule has 1 atom stereocenters. The number of carbonyl (C=O) groups excluding carboxylic acids is 1. The monoisotopic (exact) mass is 426 g/mol. The number of hydroxylamine groups is 2. The van der Waals surface area contributed by atoms with E-state index in [1.807, 2.05) is 5.38 Å². The first-order valence-corrected chi connectivity index (χ1v) is 10.1. The van der Waals surface area contributed by atoms with Crippen molar-refractivity contribution < 1.29 is 18.8 Å². The second-order valence-corrected chi connectivity index (χ2v) is 7.68. The summed E-state index contributed by atoms with van der Waals surface area (Å²) in [5.74, 6) is 5.25. The number of hydrogen-bond donors (Lipinski definition) is 2. The van der Waals surface area contributed by atoms with Gasteiger partial charge in [0.05, 0.1) is 4.88 Å². The van der Waals surface area contributed by atoms with Crippen LogP contribution in [-0.2, 0) is 12.8 Å². The second-order valence-electron chi connectivity index (χ2n) is 6.80. The topological polar surface area (TPSA) is 66.6 Å². The van der Waals surface area contributed by atoms with Gasteiger partial charge in [-0.15, -0.1) is 11.3 Å². The minimum atomic E-state index is -0.980. The lowest BCUT2D eigenvalue weighted by Crippen LogP contribution is -2.38. The molecule has 0 aliphatic rings. The summed E-state index contributed by atoms with van der Waals surface area (Å²) in [6.45, 7) is 1.56. The van der Waals surface area contributed by atoms with E-state index in [0.29, 0.717) is 17.9 Å². The molecule has 3 rings (SSSR count). The Balaban J connectivity index is 1.93. The molecule has 0 bridgehead atoms. The highest BCUT2D eigenvalue weighted by atomic mass is 32.1.